The summed E-state index contributed by atoms with van der Waals surface area (Å²) in [5, 5.41) is 1.16. The van der Waals surface area contributed by atoms with Crippen LogP contribution >= 0.6 is 0 Å². The van der Waals surface area contributed by atoms with Gasteiger partial charge >= 0.3 is 0 Å². The summed E-state index contributed by atoms with van der Waals surface area (Å²) in [7, 11) is 1.76. The highest BCUT2D eigenvalue weighted by molar-refractivity contribution is 5.99. The number of carbonyl (C=O) groups is 1. The molecule has 0 spiro atoms. The van der Waals surface area contributed by atoms with Gasteiger partial charge in [0.2, 0.25) is 0 Å². The Bertz CT molecular complexity index is 1250. The van der Waals surface area contributed by atoms with E-state index >= 15 is 0 Å². The average molecular weight is 520 g/mol. The number of fused-ring (bicyclic) bond motifs is 1. The minimum Gasteiger partial charge on any atom is -0.339 e. The van der Waals surface area contributed by atoms with E-state index in [-0.39, 0.29) is 11.9 Å². The predicted molar refractivity (Wildman–Crippen MR) is 151 cm³/mol. The van der Waals surface area contributed by atoms with Gasteiger partial charge in [-0.3, -0.25) is 9.78 Å². The second-order valence-electron chi connectivity index (χ2n) is 11.7. The molecule has 1 saturated carbocycles. The monoisotopic (exact) mass is 519 g/mol. The Morgan fingerprint density at radius 2 is 1.87 bits per heavy atom. The average Bonchev–Trinajstić information content (AvgIpc) is 3.31. The van der Waals surface area contributed by atoms with Crippen LogP contribution in [0.5, 0.6) is 0 Å². The molecule has 1 aliphatic carbocycles. The Labute approximate surface area is 226 Å². The number of halogens is 1. The normalized spacial score (nSPS) is 21.3. The number of benzene rings is 1. The van der Waals surface area contributed by atoms with Gasteiger partial charge in [-0.25, -0.2) is 4.39 Å². The standard InChI is InChI=1S/C31H42FN5O/c1-21(2)35(3)31(38)27-18-24(32)6-9-29(27)37-20-28(26-10-14-34-19-30(26)37)23-12-16-36(17-13-23)15-11-22-4-7-25(33)8-5-22/h6,9-10,14,18-23,25H,4-5,7-8,11-13,15-17,33H2,1-3H3/t22-,25-. The SMILES string of the molecule is CC(C)N(C)C(=O)c1cc(F)ccc1-n1cc(C2CCN(CC[C@H]3CC[C@H](N)CC3)CC2)c2ccncc21. The van der Waals surface area contributed by atoms with Gasteiger partial charge in [-0.05, 0) is 120 Å². The van der Waals surface area contributed by atoms with Crippen molar-refractivity contribution in [2.24, 2.45) is 11.7 Å². The Morgan fingerprint density at radius 3 is 2.58 bits per heavy atom. The van der Waals surface area contributed by atoms with Crippen LogP contribution in [0.4, 0.5) is 4.39 Å². The molecule has 0 unspecified atom stereocenters. The molecule has 38 heavy (non-hydrogen) atoms. The molecular formula is C31H42FN5O. The number of piperidine rings is 1. The molecule has 2 fully saturated rings. The van der Waals surface area contributed by atoms with Crippen LogP contribution in [0.25, 0.3) is 16.6 Å². The number of pyridine rings is 1. The zero-order valence-corrected chi connectivity index (χ0v) is 23.1. The molecule has 2 N–H and O–H groups in total. The highest BCUT2D eigenvalue weighted by atomic mass is 19.1. The van der Waals surface area contributed by atoms with Gasteiger partial charge < -0.3 is 20.1 Å². The molecule has 2 aromatic heterocycles. The molecular weight excluding hydrogens is 477 g/mol. The first-order valence-electron chi connectivity index (χ1n) is 14.3. The highest BCUT2D eigenvalue weighted by Crippen LogP contribution is 2.36. The van der Waals surface area contributed by atoms with Crippen LogP contribution in [0.2, 0.25) is 0 Å². The van der Waals surface area contributed by atoms with E-state index in [1.165, 1.54) is 56.3 Å². The molecule has 2 aliphatic rings. The minimum absolute atomic E-state index is 0.0122. The van der Waals surface area contributed by atoms with Crippen molar-refractivity contribution in [3.63, 3.8) is 0 Å². The fourth-order valence-corrected chi connectivity index (χ4v) is 6.25. The predicted octanol–water partition coefficient (Wildman–Crippen LogP) is 5.73. The topological polar surface area (TPSA) is 67.4 Å². The lowest BCUT2D eigenvalue weighted by Gasteiger charge is -2.34. The first-order chi connectivity index (χ1) is 18.3. The summed E-state index contributed by atoms with van der Waals surface area (Å²) < 4.78 is 16.4. The molecule has 1 saturated heterocycles. The number of hydrogen-bond acceptors (Lipinski definition) is 4. The Kier molecular flexibility index (Phi) is 8.15. The molecule has 6 nitrogen and oxygen atoms in total. The smallest absolute Gasteiger partial charge is 0.256 e. The first kappa shape index (κ1) is 26.8. The molecule has 3 heterocycles. The van der Waals surface area contributed by atoms with Crippen molar-refractivity contribution in [2.45, 2.75) is 76.8 Å². The summed E-state index contributed by atoms with van der Waals surface area (Å²) >= 11 is 0. The van der Waals surface area contributed by atoms with Crippen LogP contribution in [-0.2, 0) is 0 Å². The Hall–Kier alpha value is -2.77. The molecule has 3 aromatic rings. The summed E-state index contributed by atoms with van der Waals surface area (Å²) in [6.07, 6.45) is 14.3. The fraction of sp³-hybridized carbons (Fsp3) is 0.548. The molecule has 0 radical (unpaired) electrons. The third kappa shape index (κ3) is 5.64. The Balaban J connectivity index is 1.36. The highest BCUT2D eigenvalue weighted by Gasteiger charge is 2.27. The van der Waals surface area contributed by atoms with Crippen molar-refractivity contribution in [1.82, 2.24) is 19.4 Å². The number of hydrogen-bond donors (Lipinski definition) is 1. The number of carbonyl (C=O) groups excluding carboxylic acids is 1. The maximum Gasteiger partial charge on any atom is 0.256 e. The summed E-state index contributed by atoms with van der Waals surface area (Å²) in [6, 6.07) is 7.01. The first-order valence-corrected chi connectivity index (χ1v) is 14.3. The maximum atomic E-state index is 14.3. The quantitative estimate of drug-likeness (QED) is 0.433. The van der Waals surface area contributed by atoms with Crippen molar-refractivity contribution in [3.05, 3.63) is 59.8 Å². The zero-order chi connectivity index (χ0) is 26.8. The number of amides is 1. The van der Waals surface area contributed by atoms with Gasteiger partial charge in [-0.2, -0.15) is 0 Å². The lowest BCUT2D eigenvalue weighted by atomic mass is 9.84. The molecule has 0 bridgehead atoms. The van der Waals surface area contributed by atoms with E-state index in [4.69, 9.17) is 5.73 Å². The number of rotatable bonds is 7. The van der Waals surface area contributed by atoms with E-state index in [0.29, 0.717) is 23.2 Å². The fourth-order valence-electron chi connectivity index (χ4n) is 6.25. The van der Waals surface area contributed by atoms with Crippen molar-refractivity contribution >= 4 is 16.8 Å². The third-order valence-corrected chi connectivity index (χ3v) is 8.95. The third-order valence-electron chi connectivity index (χ3n) is 8.95. The lowest BCUT2D eigenvalue weighted by Crippen LogP contribution is -2.35. The van der Waals surface area contributed by atoms with E-state index in [1.807, 2.05) is 30.8 Å². The van der Waals surface area contributed by atoms with Crippen LogP contribution in [0.1, 0.15) is 80.6 Å². The molecule has 204 valence electrons. The van der Waals surface area contributed by atoms with Crippen molar-refractivity contribution in [3.8, 4) is 5.69 Å². The van der Waals surface area contributed by atoms with Crippen molar-refractivity contribution < 1.29 is 9.18 Å². The summed E-state index contributed by atoms with van der Waals surface area (Å²) in [5.74, 6) is 0.686. The van der Waals surface area contributed by atoms with E-state index in [0.717, 1.165) is 42.8 Å². The van der Waals surface area contributed by atoms with Gasteiger partial charge in [0.1, 0.15) is 5.82 Å². The molecule has 1 amide bonds. The number of nitrogens with zero attached hydrogens (tertiary/aromatic N) is 4. The zero-order valence-electron chi connectivity index (χ0n) is 23.1. The van der Waals surface area contributed by atoms with Crippen LogP contribution in [-0.4, -0.2) is 64.0 Å². The van der Waals surface area contributed by atoms with E-state index in [1.54, 1.807) is 18.0 Å². The Morgan fingerprint density at radius 1 is 1.13 bits per heavy atom. The second-order valence-corrected chi connectivity index (χ2v) is 11.7. The molecule has 0 atom stereocenters. The van der Waals surface area contributed by atoms with Crippen LogP contribution in [0, 0.1) is 11.7 Å². The van der Waals surface area contributed by atoms with Gasteiger partial charge in [0.05, 0.1) is 23.0 Å². The summed E-state index contributed by atoms with van der Waals surface area (Å²) in [6.45, 7) is 7.31. The number of nitrogens with two attached hydrogens (primary N) is 1. The van der Waals surface area contributed by atoms with Crippen LogP contribution in [0.15, 0.2) is 42.9 Å². The van der Waals surface area contributed by atoms with Gasteiger partial charge in [0, 0.05) is 36.9 Å². The van der Waals surface area contributed by atoms with Gasteiger partial charge in [-0.1, -0.05) is 0 Å². The molecule has 1 aromatic carbocycles. The molecule has 7 heteroatoms. The number of likely N-dealkylation sites (tertiary alicyclic amines) is 1. The van der Waals surface area contributed by atoms with Crippen LogP contribution < -0.4 is 5.73 Å². The number of aromatic nitrogens is 2. The second kappa shape index (κ2) is 11.5. The minimum atomic E-state index is -0.410. The molecule has 1 aliphatic heterocycles. The maximum absolute atomic E-state index is 14.3. The van der Waals surface area contributed by atoms with E-state index < -0.39 is 5.82 Å². The van der Waals surface area contributed by atoms with Gasteiger partial charge in [0.25, 0.3) is 5.91 Å². The summed E-state index contributed by atoms with van der Waals surface area (Å²) in [4.78, 5) is 22.0. The lowest BCUT2D eigenvalue weighted by molar-refractivity contribution is 0.0754. The van der Waals surface area contributed by atoms with Gasteiger partial charge in [-0.15, -0.1) is 0 Å². The van der Waals surface area contributed by atoms with Gasteiger partial charge in [0.15, 0.2) is 0 Å². The van der Waals surface area contributed by atoms with E-state index in [9.17, 15) is 9.18 Å². The largest absolute Gasteiger partial charge is 0.339 e. The van der Waals surface area contributed by atoms with Crippen LogP contribution in [0.3, 0.4) is 0 Å². The summed E-state index contributed by atoms with van der Waals surface area (Å²) in [5.41, 5.74) is 9.39. The van der Waals surface area contributed by atoms with Crippen molar-refractivity contribution in [2.75, 3.05) is 26.7 Å². The van der Waals surface area contributed by atoms with Crippen molar-refractivity contribution in [1.29, 1.82) is 0 Å². The van der Waals surface area contributed by atoms with E-state index in [2.05, 4.69) is 22.1 Å². The molecule has 5 rings (SSSR count).